The Balaban J connectivity index is 0.000000332. The van der Waals surface area contributed by atoms with E-state index in [0.29, 0.717) is 6.42 Å². The number of aromatic carboxylic acids is 1. The third-order valence-corrected chi connectivity index (χ3v) is 7.91. The Morgan fingerprint density at radius 1 is 0.560 bits per heavy atom. The van der Waals surface area contributed by atoms with Crippen LogP contribution in [0.2, 0.25) is 0 Å². The number of para-hydroxylation sites is 3. The number of hydrogen-bond donors (Lipinski definition) is 5. The second-order valence-corrected chi connectivity index (χ2v) is 11.4. The smallest absolute Gasteiger partial charge is 0.340 e. The molecule has 0 amide bonds. The van der Waals surface area contributed by atoms with E-state index in [0.717, 1.165) is 10.8 Å². The number of hydrogen-bond acceptors (Lipinski definition) is 11. The van der Waals surface area contributed by atoms with E-state index in [1.165, 1.54) is 12.1 Å². The molecule has 0 unspecified atom stereocenters. The van der Waals surface area contributed by atoms with Gasteiger partial charge in [0.05, 0.1) is 22.1 Å². The summed E-state index contributed by atoms with van der Waals surface area (Å²) in [4.78, 5) is 48.8. The predicted molar refractivity (Wildman–Crippen MR) is 189 cm³/mol. The highest BCUT2D eigenvalue weighted by Gasteiger charge is 2.35. The number of ether oxygens (including phenoxy) is 3. The number of rotatable bonds is 11. The van der Waals surface area contributed by atoms with E-state index in [2.05, 4.69) is 0 Å². The maximum absolute atomic E-state index is 12.7. The first-order chi connectivity index (χ1) is 23.9. The van der Waals surface area contributed by atoms with Crippen molar-refractivity contribution in [3.05, 3.63) is 131 Å². The van der Waals surface area contributed by atoms with E-state index in [4.69, 9.17) is 36.5 Å². The van der Waals surface area contributed by atoms with Gasteiger partial charge in [-0.15, -0.1) is 0 Å². The fourth-order valence-corrected chi connectivity index (χ4v) is 4.77. The zero-order chi connectivity index (χ0) is 36.3. The van der Waals surface area contributed by atoms with Crippen molar-refractivity contribution in [2.24, 2.45) is 5.41 Å². The standard InChI is InChI=1S/C27H29N3O6.C11H8O3/c1-2-27(15-34-24(31)18-9-3-6-12-21(18)28,16-35-25(32)19-10-4-7-13-22(19)29)17-36-26(33)20-11-5-8-14-23(20)30;12-10-6-8-4-2-1-3-7(8)5-9(10)11(13)14/h3-14H,2,15-17,28-30H2,1H3;1-6,12H,(H,13,14). The number of carbonyl (C=O) groups is 4. The minimum Gasteiger partial charge on any atom is -0.507 e. The highest BCUT2D eigenvalue weighted by atomic mass is 16.6. The van der Waals surface area contributed by atoms with Crippen LogP contribution >= 0.6 is 0 Å². The van der Waals surface area contributed by atoms with Gasteiger partial charge in [0, 0.05) is 17.1 Å². The van der Waals surface area contributed by atoms with Crippen LogP contribution in [0, 0.1) is 5.41 Å². The molecule has 0 radical (unpaired) electrons. The van der Waals surface area contributed by atoms with Crippen molar-refractivity contribution in [3.8, 4) is 5.75 Å². The zero-order valence-electron chi connectivity index (χ0n) is 27.2. The third kappa shape index (κ3) is 9.07. The molecular weight excluding hydrogens is 642 g/mol. The molecule has 5 aromatic carbocycles. The van der Waals surface area contributed by atoms with Gasteiger partial charge in [0.2, 0.25) is 0 Å². The number of carboxylic acids is 1. The Morgan fingerprint density at radius 2 is 0.900 bits per heavy atom. The Bertz CT molecular complexity index is 1860. The molecule has 0 fully saturated rings. The van der Waals surface area contributed by atoms with Gasteiger partial charge >= 0.3 is 23.9 Å². The molecule has 50 heavy (non-hydrogen) atoms. The molecule has 5 rings (SSSR count). The Morgan fingerprint density at radius 3 is 1.24 bits per heavy atom. The van der Waals surface area contributed by atoms with E-state index >= 15 is 0 Å². The van der Waals surface area contributed by atoms with E-state index in [1.807, 2.05) is 18.2 Å². The summed E-state index contributed by atoms with van der Waals surface area (Å²) in [7, 11) is 0. The molecule has 0 saturated heterocycles. The van der Waals surface area contributed by atoms with Crippen molar-refractivity contribution in [2.75, 3.05) is 37.0 Å². The molecule has 0 aliphatic carbocycles. The van der Waals surface area contributed by atoms with Gasteiger partial charge in [0.1, 0.15) is 31.1 Å². The van der Waals surface area contributed by atoms with Crippen molar-refractivity contribution in [2.45, 2.75) is 13.3 Å². The first-order valence-corrected chi connectivity index (χ1v) is 15.4. The second-order valence-electron chi connectivity index (χ2n) is 11.4. The number of anilines is 3. The minimum atomic E-state index is -1.12. The first-order valence-electron chi connectivity index (χ1n) is 15.4. The fourth-order valence-electron chi connectivity index (χ4n) is 4.77. The lowest BCUT2D eigenvalue weighted by molar-refractivity contribution is -0.0380. The summed E-state index contributed by atoms with van der Waals surface area (Å²) in [5.41, 5.74) is 17.9. The van der Waals surface area contributed by atoms with Gasteiger partial charge in [0.25, 0.3) is 0 Å². The Labute approximate surface area is 288 Å². The van der Waals surface area contributed by atoms with Gasteiger partial charge in [0.15, 0.2) is 0 Å². The number of benzene rings is 5. The number of nitrogens with two attached hydrogens (primary N) is 3. The number of fused-ring (bicyclic) bond motifs is 1. The Kier molecular flexibility index (Phi) is 12.0. The fraction of sp³-hybridized carbons (Fsp3) is 0.158. The lowest BCUT2D eigenvalue weighted by Gasteiger charge is -2.31. The average molecular weight is 680 g/mol. The summed E-state index contributed by atoms with van der Waals surface area (Å²) in [6.45, 7) is 1.20. The maximum atomic E-state index is 12.7. The van der Waals surface area contributed by atoms with Gasteiger partial charge in [-0.2, -0.15) is 0 Å². The lowest BCUT2D eigenvalue weighted by atomic mass is 9.88. The van der Waals surface area contributed by atoms with Crippen LogP contribution in [0.1, 0.15) is 54.8 Å². The predicted octanol–water partition coefficient (Wildman–Crippen LogP) is 5.94. The molecule has 12 nitrogen and oxygen atoms in total. The molecule has 0 bridgehead atoms. The van der Waals surface area contributed by atoms with E-state index in [-0.39, 0.29) is 64.9 Å². The van der Waals surface area contributed by atoms with Crippen molar-refractivity contribution in [1.82, 2.24) is 0 Å². The van der Waals surface area contributed by atoms with Gasteiger partial charge in [-0.3, -0.25) is 0 Å². The summed E-state index contributed by atoms with van der Waals surface area (Å²) >= 11 is 0. The van der Waals surface area contributed by atoms with Crippen molar-refractivity contribution >= 4 is 51.7 Å². The van der Waals surface area contributed by atoms with Crippen LogP contribution in [0.5, 0.6) is 5.75 Å². The highest BCUT2D eigenvalue weighted by Crippen LogP contribution is 2.28. The molecule has 0 aliphatic rings. The van der Waals surface area contributed by atoms with Gasteiger partial charge in [-0.1, -0.05) is 67.6 Å². The van der Waals surface area contributed by atoms with Crippen molar-refractivity contribution < 1.29 is 43.6 Å². The van der Waals surface area contributed by atoms with Crippen LogP contribution in [0.4, 0.5) is 17.1 Å². The largest absolute Gasteiger partial charge is 0.507 e. The first kappa shape index (κ1) is 36.3. The van der Waals surface area contributed by atoms with E-state index in [9.17, 15) is 24.3 Å². The van der Waals surface area contributed by atoms with Crippen LogP contribution in [-0.4, -0.2) is 53.9 Å². The molecule has 8 N–H and O–H groups in total. The number of carbonyl (C=O) groups excluding carboxylic acids is 3. The van der Waals surface area contributed by atoms with Crippen LogP contribution in [-0.2, 0) is 14.2 Å². The SMILES string of the molecule is CCC(COC(=O)c1ccccc1N)(COC(=O)c1ccccc1N)COC(=O)c1ccccc1N.O=C(O)c1cc2ccccc2cc1O. The quantitative estimate of drug-likeness (QED) is 0.0623. The summed E-state index contributed by atoms with van der Waals surface area (Å²) in [6, 6.07) is 29.7. The highest BCUT2D eigenvalue weighted by molar-refractivity contribution is 5.98. The second kappa shape index (κ2) is 16.5. The molecule has 0 spiro atoms. The molecule has 0 atom stereocenters. The molecule has 258 valence electrons. The summed E-state index contributed by atoms with van der Waals surface area (Å²) < 4.78 is 16.6. The van der Waals surface area contributed by atoms with E-state index in [1.54, 1.807) is 85.8 Å². The van der Waals surface area contributed by atoms with Crippen LogP contribution in [0.25, 0.3) is 10.8 Å². The number of esters is 3. The monoisotopic (exact) mass is 679 g/mol. The topological polar surface area (TPSA) is 214 Å². The van der Waals surface area contributed by atoms with Crippen LogP contribution < -0.4 is 17.2 Å². The normalized spacial score (nSPS) is 10.7. The van der Waals surface area contributed by atoms with Gasteiger partial charge < -0.3 is 41.6 Å². The average Bonchev–Trinajstić information content (AvgIpc) is 3.11. The summed E-state index contributed by atoms with van der Waals surface area (Å²) in [6.07, 6.45) is 0.347. The van der Waals surface area contributed by atoms with Gasteiger partial charge in [-0.25, -0.2) is 19.2 Å². The lowest BCUT2D eigenvalue weighted by Crippen LogP contribution is -2.39. The van der Waals surface area contributed by atoms with Crippen LogP contribution in [0.3, 0.4) is 0 Å². The number of phenols is 1. The number of carboxylic acid groups (broad SMARTS) is 1. The van der Waals surface area contributed by atoms with E-state index < -0.39 is 29.3 Å². The van der Waals surface area contributed by atoms with Crippen molar-refractivity contribution in [3.63, 3.8) is 0 Å². The molecule has 0 aliphatic heterocycles. The zero-order valence-corrected chi connectivity index (χ0v) is 27.2. The summed E-state index contributed by atoms with van der Waals surface area (Å²) in [5, 5.41) is 19.8. The molecule has 0 aromatic heterocycles. The van der Waals surface area contributed by atoms with Crippen LogP contribution in [0.15, 0.2) is 109 Å². The third-order valence-electron chi connectivity index (χ3n) is 7.91. The number of aromatic hydroxyl groups is 1. The molecule has 5 aromatic rings. The number of nitrogen functional groups attached to an aromatic ring is 3. The Hall–Kier alpha value is -6.56. The molecule has 0 heterocycles. The maximum Gasteiger partial charge on any atom is 0.340 e. The molecular formula is C38H37N3O9. The van der Waals surface area contributed by atoms with Gasteiger partial charge in [-0.05, 0) is 65.7 Å². The minimum absolute atomic E-state index is 0.0660. The van der Waals surface area contributed by atoms with Crippen molar-refractivity contribution in [1.29, 1.82) is 0 Å². The molecule has 12 heteroatoms. The molecule has 0 saturated carbocycles. The summed E-state index contributed by atoms with van der Waals surface area (Å²) in [5.74, 6) is -3.26.